The van der Waals surface area contributed by atoms with Crippen molar-refractivity contribution in [2.75, 3.05) is 52.5 Å². The Morgan fingerprint density at radius 3 is 2.26 bits per heavy atom. The smallest absolute Gasteiger partial charge is 0.311 e. The van der Waals surface area contributed by atoms with Crippen LogP contribution in [0, 0.1) is 5.41 Å². The first-order valence-corrected chi connectivity index (χ1v) is 7.42. The highest BCUT2D eigenvalue weighted by molar-refractivity contribution is 5.75. The lowest BCUT2D eigenvalue weighted by Crippen LogP contribution is -2.53. The van der Waals surface area contributed by atoms with E-state index in [9.17, 15) is 9.90 Å². The molecular weight excluding hydrogens is 244 g/mol. The average molecular weight is 270 g/mol. The van der Waals surface area contributed by atoms with Gasteiger partial charge >= 0.3 is 5.97 Å². The van der Waals surface area contributed by atoms with Crippen LogP contribution in [-0.2, 0) is 9.53 Å². The van der Waals surface area contributed by atoms with Gasteiger partial charge in [0.05, 0.1) is 5.41 Å². The van der Waals surface area contributed by atoms with Crippen LogP contribution < -0.4 is 0 Å². The van der Waals surface area contributed by atoms with Crippen molar-refractivity contribution in [3.63, 3.8) is 0 Å². The lowest BCUT2D eigenvalue weighted by molar-refractivity contribution is -0.157. The Morgan fingerprint density at radius 1 is 1.16 bits per heavy atom. The van der Waals surface area contributed by atoms with Crippen LogP contribution >= 0.6 is 0 Å². The zero-order valence-corrected chi connectivity index (χ0v) is 11.9. The summed E-state index contributed by atoms with van der Waals surface area (Å²) >= 11 is 0. The molecule has 5 heteroatoms. The molecule has 0 aliphatic carbocycles. The maximum Gasteiger partial charge on any atom is 0.311 e. The highest BCUT2D eigenvalue weighted by Gasteiger charge is 2.41. The van der Waals surface area contributed by atoms with E-state index in [0.29, 0.717) is 32.6 Å². The molecular formula is C14H26N2O3. The first kappa shape index (κ1) is 14.8. The summed E-state index contributed by atoms with van der Waals surface area (Å²) in [4.78, 5) is 16.4. The lowest BCUT2D eigenvalue weighted by Gasteiger charge is -2.41. The molecule has 0 aromatic heterocycles. The van der Waals surface area contributed by atoms with Crippen LogP contribution in [0.2, 0.25) is 0 Å². The number of piperazine rings is 1. The van der Waals surface area contributed by atoms with Gasteiger partial charge in [0, 0.05) is 45.9 Å². The van der Waals surface area contributed by atoms with Gasteiger partial charge in [-0.2, -0.15) is 0 Å². The van der Waals surface area contributed by atoms with Crippen molar-refractivity contribution in [1.82, 2.24) is 9.80 Å². The molecule has 2 rings (SSSR count). The fourth-order valence-corrected chi connectivity index (χ4v) is 3.12. The second-order valence-electron chi connectivity index (χ2n) is 5.82. The van der Waals surface area contributed by atoms with E-state index >= 15 is 0 Å². The van der Waals surface area contributed by atoms with Crippen molar-refractivity contribution < 1.29 is 14.6 Å². The Hall–Kier alpha value is -0.650. The van der Waals surface area contributed by atoms with Crippen LogP contribution in [0.25, 0.3) is 0 Å². The second kappa shape index (κ2) is 6.68. The van der Waals surface area contributed by atoms with Crippen molar-refractivity contribution in [3.8, 4) is 0 Å². The summed E-state index contributed by atoms with van der Waals surface area (Å²) in [5, 5.41) is 9.56. The molecule has 0 bridgehead atoms. The van der Waals surface area contributed by atoms with Gasteiger partial charge in [-0.15, -0.1) is 0 Å². The van der Waals surface area contributed by atoms with Crippen molar-refractivity contribution in [1.29, 1.82) is 0 Å². The monoisotopic (exact) mass is 270 g/mol. The number of carboxylic acids is 1. The predicted molar refractivity (Wildman–Crippen MR) is 73.3 cm³/mol. The number of aliphatic carboxylic acids is 1. The number of rotatable bonds is 5. The summed E-state index contributed by atoms with van der Waals surface area (Å²) in [7, 11) is 0. The summed E-state index contributed by atoms with van der Waals surface area (Å²) in [6.07, 6.45) is 2.49. The van der Waals surface area contributed by atoms with E-state index in [1.807, 2.05) is 0 Å². The molecule has 0 atom stereocenters. The van der Waals surface area contributed by atoms with Crippen LogP contribution in [-0.4, -0.2) is 73.4 Å². The maximum absolute atomic E-state index is 11.6. The van der Waals surface area contributed by atoms with Gasteiger partial charge in [0.15, 0.2) is 0 Å². The first-order valence-electron chi connectivity index (χ1n) is 7.42. The molecule has 0 aromatic carbocycles. The van der Waals surface area contributed by atoms with Crippen LogP contribution in [0.1, 0.15) is 26.2 Å². The molecule has 1 N–H and O–H groups in total. The topological polar surface area (TPSA) is 53.0 Å². The van der Waals surface area contributed by atoms with Crippen molar-refractivity contribution in [3.05, 3.63) is 0 Å². The Bertz CT molecular complexity index is 295. The van der Waals surface area contributed by atoms with Crippen LogP contribution in [0.5, 0.6) is 0 Å². The van der Waals surface area contributed by atoms with Gasteiger partial charge in [-0.1, -0.05) is 6.92 Å². The van der Waals surface area contributed by atoms with E-state index in [4.69, 9.17) is 4.74 Å². The van der Waals surface area contributed by atoms with Crippen molar-refractivity contribution >= 4 is 5.97 Å². The zero-order valence-electron chi connectivity index (χ0n) is 11.9. The lowest BCUT2D eigenvalue weighted by atomic mass is 9.79. The molecule has 5 nitrogen and oxygen atoms in total. The van der Waals surface area contributed by atoms with Crippen molar-refractivity contribution in [2.45, 2.75) is 26.2 Å². The third-order valence-electron chi connectivity index (χ3n) is 4.43. The van der Waals surface area contributed by atoms with Gasteiger partial charge in [-0.25, -0.2) is 0 Å². The summed E-state index contributed by atoms with van der Waals surface area (Å²) in [5.74, 6) is -0.646. The number of carbonyl (C=O) groups is 1. The SMILES string of the molecule is CCCN1CCN(CC2(C(=O)O)CCOCC2)CC1. The summed E-state index contributed by atoms with van der Waals surface area (Å²) < 4.78 is 5.32. The average Bonchev–Trinajstić information content (AvgIpc) is 2.42. The number of nitrogens with zero attached hydrogens (tertiary/aromatic N) is 2. The van der Waals surface area contributed by atoms with Gasteiger partial charge in [-0.3, -0.25) is 9.69 Å². The normalized spacial score (nSPS) is 25.3. The third-order valence-corrected chi connectivity index (χ3v) is 4.43. The highest BCUT2D eigenvalue weighted by atomic mass is 16.5. The van der Waals surface area contributed by atoms with Gasteiger partial charge in [0.2, 0.25) is 0 Å². The van der Waals surface area contributed by atoms with E-state index in [2.05, 4.69) is 16.7 Å². The number of ether oxygens (including phenoxy) is 1. The molecule has 2 aliphatic heterocycles. The van der Waals surface area contributed by atoms with E-state index in [-0.39, 0.29) is 0 Å². The summed E-state index contributed by atoms with van der Waals surface area (Å²) in [6.45, 7) is 9.35. The molecule has 19 heavy (non-hydrogen) atoms. The zero-order chi connectivity index (χ0) is 13.7. The summed E-state index contributed by atoms with van der Waals surface area (Å²) in [5.41, 5.74) is -0.578. The van der Waals surface area contributed by atoms with Gasteiger partial charge in [0.1, 0.15) is 0 Å². The van der Waals surface area contributed by atoms with Crippen LogP contribution in [0.15, 0.2) is 0 Å². The van der Waals surface area contributed by atoms with Crippen molar-refractivity contribution in [2.24, 2.45) is 5.41 Å². The highest BCUT2D eigenvalue weighted by Crippen LogP contribution is 2.32. The summed E-state index contributed by atoms with van der Waals surface area (Å²) in [6, 6.07) is 0. The second-order valence-corrected chi connectivity index (χ2v) is 5.82. The molecule has 0 unspecified atom stereocenters. The fraction of sp³-hybridized carbons (Fsp3) is 0.929. The molecule has 2 fully saturated rings. The molecule has 0 amide bonds. The number of hydrogen-bond acceptors (Lipinski definition) is 4. The van der Waals surface area contributed by atoms with Gasteiger partial charge < -0.3 is 14.7 Å². The molecule has 2 saturated heterocycles. The van der Waals surface area contributed by atoms with E-state index in [1.54, 1.807) is 0 Å². The standard InChI is InChI=1S/C14H26N2O3/c1-2-5-15-6-8-16(9-7-15)12-14(13(17)18)3-10-19-11-4-14/h2-12H2,1H3,(H,17,18). The molecule has 2 heterocycles. The molecule has 110 valence electrons. The quantitative estimate of drug-likeness (QED) is 0.804. The minimum absolute atomic E-state index is 0.578. The maximum atomic E-state index is 11.6. The molecule has 0 spiro atoms. The molecule has 0 aromatic rings. The number of hydrogen-bond donors (Lipinski definition) is 1. The molecule has 0 saturated carbocycles. The van der Waals surface area contributed by atoms with Gasteiger partial charge in [-0.05, 0) is 25.8 Å². The minimum Gasteiger partial charge on any atom is -0.481 e. The Kier molecular flexibility index (Phi) is 5.19. The number of carboxylic acid groups (broad SMARTS) is 1. The Labute approximate surface area is 115 Å². The Morgan fingerprint density at radius 2 is 1.74 bits per heavy atom. The van der Waals surface area contributed by atoms with E-state index in [1.165, 1.54) is 6.42 Å². The Balaban J connectivity index is 1.87. The largest absolute Gasteiger partial charge is 0.481 e. The van der Waals surface area contributed by atoms with Gasteiger partial charge in [0.25, 0.3) is 0 Å². The van der Waals surface area contributed by atoms with Crippen LogP contribution in [0.3, 0.4) is 0 Å². The van der Waals surface area contributed by atoms with E-state index < -0.39 is 11.4 Å². The predicted octanol–water partition coefficient (Wildman–Crippen LogP) is 0.895. The molecule has 0 radical (unpaired) electrons. The third kappa shape index (κ3) is 3.68. The minimum atomic E-state index is -0.646. The first-order chi connectivity index (χ1) is 9.16. The fourth-order valence-electron chi connectivity index (χ4n) is 3.12. The van der Waals surface area contributed by atoms with E-state index in [0.717, 1.165) is 32.7 Å². The van der Waals surface area contributed by atoms with Crippen LogP contribution in [0.4, 0.5) is 0 Å². The molecule has 2 aliphatic rings.